The molecule has 6 heteroatoms. The van der Waals surface area contributed by atoms with E-state index in [1.807, 2.05) is 25.1 Å². The molecule has 0 spiro atoms. The van der Waals surface area contributed by atoms with Gasteiger partial charge in [-0.2, -0.15) is 8.78 Å². The maximum Gasteiger partial charge on any atom is 0.288 e. The van der Waals surface area contributed by atoms with Crippen LogP contribution in [0, 0.1) is 6.92 Å². The van der Waals surface area contributed by atoms with E-state index in [0.29, 0.717) is 22.2 Å². The third-order valence-corrected chi connectivity index (χ3v) is 4.37. The summed E-state index contributed by atoms with van der Waals surface area (Å²) in [5.41, 5.74) is 2.23. The fourth-order valence-electron chi connectivity index (χ4n) is 2.08. The van der Waals surface area contributed by atoms with Gasteiger partial charge < -0.3 is 4.90 Å². The number of hydrogen-bond donors (Lipinski definition) is 0. The molecule has 0 aromatic heterocycles. The number of benzene rings is 2. The fourth-order valence-corrected chi connectivity index (χ4v) is 3.05. The molecule has 0 fully saturated rings. The van der Waals surface area contributed by atoms with E-state index in [0.717, 1.165) is 15.7 Å². The summed E-state index contributed by atoms with van der Waals surface area (Å²) in [5, 5.41) is 0. The van der Waals surface area contributed by atoms with Crippen molar-refractivity contribution in [2.24, 2.45) is 0 Å². The molecule has 0 saturated heterocycles. The van der Waals surface area contributed by atoms with E-state index in [9.17, 15) is 13.6 Å². The molecule has 22 heavy (non-hydrogen) atoms. The topological polar surface area (TPSA) is 20.3 Å². The zero-order valence-corrected chi connectivity index (χ0v) is 14.4. The number of aryl methyl sites for hydroxylation is 1. The first kappa shape index (κ1) is 17.0. The summed E-state index contributed by atoms with van der Waals surface area (Å²) >= 11 is 3.85. The van der Waals surface area contributed by atoms with Gasteiger partial charge in [0.2, 0.25) is 0 Å². The summed E-state index contributed by atoms with van der Waals surface area (Å²) in [6.45, 7) is 1.92. The van der Waals surface area contributed by atoms with Crippen LogP contribution in [0.2, 0.25) is 0 Å². The van der Waals surface area contributed by atoms with E-state index in [2.05, 4.69) is 15.9 Å². The van der Waals surface area contributed by atoms with Gasteiger partial charge in [0, 0.05) is 27.7 Å². The molecule has 116 valence electrons. The van der Waals surface area contributed by atoms with E-state index in [1.54, 1.807) is 24.1 Å². The van der Waals surface area contributed by atoms with E-state index >= 15 is 0 Å². The lowest BCUT2D eigenvalue weighted by Crippen LogP contribution is -2.26. The van der Waals surface area contributed by atoms with Crippen molar-refractivity contribution in [3.05, 3.63) is 58.1 Å². The zero-order chi connectivity index (χ0) is 16.3. The Labute approximate surface area is 140 Å². The van der Waals surface area contributed by atoms with Gasteiger partial charge in [-0.25, -0.2) is 0 Å². The maximum absolute atomic E-state index is 12.5. The van der Waals surface area contributed by atoms with Crippen LogP contribution in [0.3, 0.4) is 0 Å². The van der Waals surface area contributed by atoms with Gasteiger partial charge in [0.25, 0.3) is 11.7 Å². The number of halogens is 3. The second kappa shape index (κ2) is 7.24. The lowest BCUT2D eigenvalue weighted by molar-refractivity contribution is 0.0993. The molecule has 2 aromatic rings. The van der Waals surface area contributed by atoms with Gasteiger partial charge in [-0.3, -0.25) is 4.79 Å². The minimum Gasteiger partial charge on any atom is -0.311 e. The van der Waals surface area contributed by atoms with Crippen LogP contribution in [0.25, 0.3) is 0 Å². The lowest BCUT2D eigenvalue weighted by Gasteiger charge is -2.20. The number of carbonyl (C=O) groups is 1. The largest absolute Gasteiger partial charge is 0.311 e. The summed E-state index contributed by atoms with van der Waals surface area (Å²) in [6.07, 6.45) is 0. The number of hydrogen-bond acceptors (Lipinski definition) is 2. The molecule has 0 aliphatic heterocycles. The number of thioether (sulfide) groups is 1. The van der Waals surface area contributed by atoms with Gasteiger partial charge in [-0.15, -0.1) is 0 Å². The molecule has 0 radical (unpaired) electrons. The highest BCUT2D eigenvalue weighted by Crippen LogP contribution is 2.27. The number of anilines is 1. The van der Waals surface area contributed by atoms with Crippen molar-refractivity contribution in [3.63, 3.8) is 0 Å². The highest BCUT2D eigenvalue weighted by atomic mass is 79.9. The highest BCUT2D eigenvalue weighted by Gasteiger charge is 2.15. The predicted octanol–water partition coefficient (Wildman–Crippen LogP) is 5.35. The van der Waals surface area contributed by atoms with Gasteiger partial charge in [-0.1, -0.05) is 27.7 Å². The number of nitrogens with zero attached hydrogens (tertiary/aromatic N) is 1. The molecular weight excluding hydrogens is 372 g/mol. The molecule has 0 saturated carbocycles. The van der Waals surface area contributed by atoms with Crippen LogP contribution < -0.4 is 4.90 Å². The van der Waals surface area contributed by atoms with Gasteiger partial charge in [0.15, 0.2) is 0 Å². The van der Waals surface area contributed by atoms with Gasteiger partial charge in [0.1, 0.15) is 0 Å². The molecule has 2 nitrogen and oxygen atoms in total. The molecular formula is C16H14BrF2NOS. The smallest absolute Gasteiger partial charge is 0.288 e. The van der Waals surface area contributed by atoms with Crippen LogP contribution in [-0.4, -0.2) is 18.7 Å². The van der Waals surface area contributed by atoms with Gasteiger partial charge in [-0.05, 0) is 55.0 Å². The van der Waals surface area contributed by atoms with Crippen LogP contribution >= 0.6 is 27.7 Å². The normalized spacial score (nSPS) is 10.8. The monoisotopic (exact) mass is 385 g/mol. The Morgan fingerprint density at radius 1 is 1.18 bits per heavy atom. The van der Waals surface area contributed by atoms with E-state index in [4.69, 9.17) is 0 Å². The third-order valence-electron chi connectivity index (χ3n) is 3.15. The van der Waals surface area contributed by atoms with Crippen LogP contribution in [0.4, 0.5) is 14.5 Å². The predicted molar refractivity (Wildman–Crippen MR) is 89.9 cm³/mol. The average molecular weight is 386 g/mol. The van der Waals surface area contributed by atoms with Crippen molar-refractivity contribution in [3.8, 4) is 0 Å². The van der Waals surface area contributed by atoms with Gasteiger partial charge >= 0.3 is 0 Å². The molecule has 2 rings (SSSR count). The van der Waals surface area contributed by atoms with Crippen LogP contribution in [-0.2, 0) is 0 Å². The number of rotatable bonds is 4. The highest BCUT2D eigenvalue weighted by molar-refractivity contribution is 9.10. The number of amides is 1. The summed E-state index contributed by atoms with van der Waals surface area (Å²) in [4.78, 5) is 14.5. The molecule has 1 amide bonds. The molecule has 0 atom stereocenters. The molecule has 0 N–H and O–H groups in total. The van der Waals surface area contributed by atoms with Crippen molar-refractivity contribution >= 4 is 39.3 Å². The molecule has 0 bridgehead atoms. The zero-order valence-electron chi connectivity index (χ0n) is 12.0. The quantitative estimate of drug-likeness (QED) is 0.661. The number of alkyl halides is 2. The van der Waals surface area contributed by atoms with E-state index in [1.165, 1.54) is 12.1 Å². The standard InChI is InChI=1S/C16H14BrF2NOS/c1-10-9-12(17)5-8-14(10)20(2)15(21)11-3-6-13(7-4-11)22-16(18)19/h3-9,16H,1-2H3. The summed E-state index contributed by atoms with van der Waals surface area (Å²) in [5.74, 6) is -2.64. The maximum atomic E-state index is 12.5. The van der Waals surface area contributed by atoms with Crippen molar-refractivity contribution < 1.29 is 13.6 Å². The van der Waals surface area contributed by atoms with Crippen molar-refractivity contribution in [2.45, 2.75) is 17.6 Å². The van der Waals surface area contributed by atoms with E-state index < -0.39 is 5.76 Å². The SMILES string of the molecule is Cc1cc(Br)ccc1N(C)C(=O)c1ccc(SC(F)F)cc1. The summed E-state index contributed by atoms with van der Waals surface area (Å²) < 4.78 is 25.5. The Bertz CT molecular complexity index is 676. The molecule has 2 aromatic carbocycles. The third kappa shape index (κ3) is 4.08. The summed E-state index contributed by atoms with van der Waals surface area (Å²) in [6, 6.07) is 11.9. The molecule has 0 aliphatic rings. The van der Waals surface area contributed by atoms with Crippen molar-refractivity contribution in [2.75, 3.05) is 11.9 Å². The molecule has 0 heterocycles. The average Bonchev–Trinajstić information content (AvgIpc) is 2.46. The first-order valence-electron chi connectivity index (χ1n) is 6.47. The minimum atomic E-state index is -2.46. The first-order valence-corrected chi connectivity index (χ1v) is 8.15. The van der Waals surface area contributed by atoms with Gasteiger partial charge in [0.05, 0.1) is 0 Å². The fraction of sp³-hybridized carbons (Fsp3) is 0.188. The van der Waals surface area contributed by atoms with Crippen LogP contribution in [0.5, 0.6) is 0 Å². The van der Waals surface area contributed by atoms with Crippen LogP contribution in [0.1, 0.15) is 15.9 Å². The van der Waals surface area contributed by atoms with Crippen molar-refractivity contribution in [1.29, 1.82) is 0 Å². The lowest BCUT2D eigenvalue weighted by atomic mass is 10.1. The van der Waals surface area contributed by atoms with Crippen LogP contribution in [0.15, 0.2) is 51.8 Å². The van der Waals surface area contributed by atoms with Crippen molar-refractivity contribution in [1.82, 2.24) is 0 Å². The Kier molecular flexibility index (Phi) is 5.58. The Hall–Kier alpha value is -1.40. The Morgan fingerprint density at radius 2 is 1.82 bits per heavy atom. The Morgan fingerprint density at radius 3 is 2.36 bits per heavy atom. The summed E-state index contributed by atoms with van der Waals surface area (Å²) in [7, 11) is 1.69. The Balaban J connectivity index is 2.19. The molecule has 0 aliphatic carbocycles. The second-order valence-electron chi connectivity index (χ2n) is 4.70. The van der Waals surface area contributed by atoms with E-state index in [-0.39, 0.29) is 5.91 Å². The number of carbonyl (C=O) groups excluding carboxylic acids is 1. The minimum absolute atomic E-state index is 0.181. The molecule has 0 unspecified atom stereocenters. The first-order chi connectivity index (χ1) is 10.4. The second-order valence-corrected chi connectivity index (χ2v) is 6.68.